The lowest BCUT2D eigenvalue weighted by Gasteiger charge is -2.23. The maximum Gasteiger partial charge on any atom is 0.180 e. The Morgan fingerprint density at radius 1 is 1.37 bits per heavy atom. The first-order valence-corrected chi connectivity index (χ1v) is 8.93. The Hall–Kier alpha value is -1.26. The van der Waals surface area contributed by atoms with Crippen LogP contribution < -0.4 is 11.1 Å². The topological polar surface area (TPSA) is 96.0 Å². The molecule has 1 aromatic rings. The summed E-state index contributed by atoms with van der Waals surface area (Å²) in [5.41, 5.74) is 5.85. The van der Waals surface area contributed by atoms with E-state index in [2.05, 4.69) is 5.32 Å². The van der Waals surface area contributed by atoms with Crippen LogP contribution >= 0.6 is 11.3 Å². The summed E-state index contributed by atoms with van der Waals surface area (Å²) >= 11 is 1.13. The van der Waals surface area contributed by atoms with Gasteiger partial charge in [0.1, 0.15) is 20.8 Å². The van der Waals surface area contributed by atoms with Crippen molar-refractivity contribution >= 4 is 31.9 Å². The van der Waals surface area contributed by atoms with E-state index in [9.17, 15) is 8.42 Å². The quantitative estimate of drug-likeness (QED) is 0.893. The summed E-state index contributed by atoms with van der Waals surface area (Å²) in [5.74, 6) is 0. The number of hydrogen-bond donors (Lipinski definition) is 2. The van der Waals surface area contributed by atoms with E-state index in [0.717, 1.165) is 43.3 Å². The molecule has 0 spiro atoms. The fourth-order valence-corrected chi connectivity index (χ4v) is 4.84. The second-order valence-corrected chi connectivity index (χ2v) is 7.84. The predicted molar refractivity (Wildman–Crippen MR) is 77.1 cm³/mol. The van der Waals surface area contributed by atoms with Gasteiger partial charge in [-0.25, -0.2) is 8.42 Å². The molecule has 0 atom stereocenters. The van der Waals surface area contributed by atoms with Crippen molar-refractivity contribution in [3.63, 3.8) is 0 Å². The van der Waals surface area contributed by atoms with Crippen LogP contribution in [0.25, 0.3) is 0 Å². The van der Waals surface area contributed by atoms with E-state index < -0.39 is 9.84 Å². The Bertz CT molecular complexity index is 608. The first-order valence-electron chi connectivity index (χ1n) is 6.22. The molecule has 19 heavy (non-hydrogen) atoms. The highest BCUT2D eigenvalue weighted by Crippen LogP contribution is 2.39. The molecule has 0 unspecified atom stereocenters. The van der Waals surface area contributed by atoms with Gasteiger partial charge < -0.3 is 11.1 Å². The molecule has 3 N–H and O–H groups in total. The molecule has 5 nitrogen and oxygen atoms in total. The summed E-state index contributed by atoms with van der Waals surface area (Å²) < 4.78 is 23.6. The largest absolute Gasteiger partial charge is 0.396 e. The summed E-state index contributed by atoms with van der Waals surface area (Å²) in [5, 5.41) is 12.8. The number of rotatable bonds is 3. The third-order valence-electron chi connectivity index (χ3n) is 3.31. The third-order valence-corrected chi connectivity index (χ3v) is 5.65. The minimum atomic E-state index is -3.43. The Kier molecular flexibility index (Phi) is 4.02. The maximum atomic E-state index is 11.8. The van der Waals surface area contributed by atoms with Crippen molar-refractivity contribution in [1.82, 2.24) is 0 Å². The second-order valence-electron chi connectivity index (χ2n) is 4.87. The van der Waals surface area contributed by atoms with Crippen molar-refractivity contribution in [2.75, 3.05) is 17.3 Å². The minimum absolute atomic E-state index is 0.0771. The van der Waals surface area contributed by atoms with E-state index in [-0.39, 0.29) is 21.5 Å². The number of hydrogen-bond acceptors (Lipinski definition) is 6. The molecule has 2 rings (SSSR count). The van der Waals surface area contributed by atoms with Crippen molar-refractivity contribution in [2.24, 2.45) is 0 Å². The van der Waals surface area contributed by atoms with Gasteiger partial charge in [-0.05, 0) is 12.8 Å². The molecule has 0 saturated heterocycles. The Balaban J connectivity index is 2.36. The van der Waals surface area contributed by atoms with Gasteiger partial charge in [0.15, 0.2) is 9.84 Å². The van der Waals surface area contributed by atoms with Crippen molar-refractivity contribution in [2.45, 2.75) is 43.0 Å². The van der Waals surface area contributed by atoms with E-state index in [1.807, 2.05) is 6.07 Å². The van der Waals surface area contributed by atoms with E-state index in [0.29, 0.717) is 5.00 Å². The van der Waals surface area contributed by atoms with Gasteiger partial charge in [0.2, 0.25) is 0 Å². The lowest BCUT2D eigenvalue weighted by atomic mass is 9.96. The zero-order chi connectivity index (χ0) is 14.0. The van der Waals surface area contributed by atoms with Crippen molar-refractivity contribution in [1.29, 1.82) is 5.26 Å². The molecule has 0 bridgehead atoms. The summed E-state index contributed by atoms with van der Waals surface area (Å²) in [7, 11) is -3.43. The van der Waals surface area contributed by atoms with E-state index in [1.54, 1.807) is 0 Å². The fraction of sp³-hybridized carbons (Fsp3) is 0.583. The number of nitrogens with one attached hydrogen (secondary N) is 1. The highest BCUT2D eigenvalue weighted by molar-refractivity contribution is 7.91. The fourth-order valence-electron chi connectivity index (χ4n) is 2.41. The minimum Gasteiger partial charge on any atom is -0.396 e. The van der Waals surface area contributed by atoms with Gasteiger partial charge in [0, 0.05) is 12.3 Å². The van der Waals surface area contributed by atoms with Crippen molar-refractivity contribution < 1.29 is 8.42 Å². The summed E-state index contributed by atoms with van der Waals surface area (Å²) in [6.45, 7) is 0. The third kappa shape index (κ3) is 3.01. The lowest BCUT2D eigenvalue weighted by molar-refractivity contribution is 0.463. The Morgan fingerprint density at radius 3 is 2.53 bits per heavy atom. The molecule has 1 aliphatic rings. The van der Waals surface area contributed by atoms with Crippen molar-refractivity contribution in [3.8, 4) is 6.07 Å². The van der Waals surface area contributed by atoms with Crippen LogP contribution in [0.5, 0.6) is 0 Å². The zero-order valence-corrected chi connectivity index (χ0v) is 12.4. The molecule has 1 aromatic heterocycles. The van der Waals surface area contributed by atoms with Gasteiger partial charge in [-0.15, -0.1) is 11.3 Å². The number of thiophene rings is 1. The highest BCUT2D eigenvalue weighted by atomic mass is 32.2. The van der Waals surface area contributed by atoms with Crippen LogP contribution in [-0.4, -0.2) is 20.7 Å². The van der Waals surface area contributed by atoms with E-state index in [4.69, 9.17) is 11.0 Å². The van der Waals surface area contributed by atoms with Gasteiger partial charge in [-0.1, -0.05) is 19.3 Å². The zero-order valence-electron chi connectivity index (χ0n) is 10.8. The molecule has 0 aliphatic heterocycles. The van der Waals surface area contributed by atoms with Gasteiger partial charge in [-0.3, -0.25) is 0 Å². The van der Waals surface area contributed by atoms with Crippen LogP contribution in [0.2, 0.25) is 0 Å². The molecule has 0 amide bonds. The van der Waals surface area contributed by atoms with Gasteiger partial charge in [0.05, 0.1) is 5.69 Å². The molecule has 1 aliphatic carbocycles. The Morgan fingerprint density at radius 2 is 2.00 bits per heavy atom. The molecule has 0 aromatic carbocycles. The van der Waals surface area contributed by atoms with Gasteiger partial charge >= 0.3 is 0 Å². The monoisotopic (exact) mass is 299 g/mol. The maximum absolute atomic E-state index is 11.8. The molecule has 1 saturated carbocycles. The number of nitrogen functional groups attached to an aromatic ring is 1. The molecule has 1 fully saturated rings. The van der Waals surface area contributed by atoms with E-state index >= 15 is 0 Å². The first kappa shape index (κ1) is 14.2. The first-order chi connectivity index (χ1) is 8.93. The smallest absolute Gasteiger partial charge is 0.180 e. The Labute approximate surface area is 117 Å². The standard InChI is InChI=1S/C12H17N3O2S2/c1-19(16,17)11-10(14)9(7-13)18-12(11)15-8-5-3-2-4-6-8/h8,15H,2-6,14H2,1H3. The molecule has 104 valence electrons. The summed E-state index contributed by atoms with van der Waals surface area (Å²) in [4.78, 5) is 0.346. The van der Waals surface area contributed by atoms with Crippen LogP contribution in [0.15, 0.2) is 4.90 Å². The average Bonchev–Trinajstić information content (AvgIpc) is 2.66. The summed E-state index contributed by atoms with van der Waals surface area (Å²) in [6.07, 6.45) is 6.72. The molecule has 7 heteroatoms. The number of nitrogens with zero attached hydrogens (tertiary/aromatic N) is 1. The average molecular weight is 299 g/mol. The number of sulfone groups is 1. The van der Waals surface area contributed by atoms with Crippen molar-refractivity contribution in [3.05, 3.63) is 4.88 Å². The number of anilines is 2. The second kappa shape index (κ2) is 5.39. The van der Waals surface area contributed by atoms with Gasteiger partial charge in [-0.2, -0.15) is 5.26 Å². The van der Waals surface area contributed by atoms with Gasteiger partial charge in [0.25, 0.3) is 0 Å². The van der Waals surface area contributed by atoms with E-state index in [1.165, 1.54) is 6.42 Å². The molecular formula is C12H17N3O2S2. The molecular weight excluding hydrogens is 282 g/mol. The van der Waals surface area contributed by atoms with Crippen LogP contribution in [-0.2, 0) is 9.84 Å². The van der Waals surface area contributed by atoms with Crippen LogP contribution in [0.1, 0.15) is 37.0 Å². The number of nitrogens with two attached hydrogens (primary N) is 1. The molecule has 1 heterocycles. The van der Waals surface area contributed by atoms with Crippen LogP contribution in [0, 0.1) is 11.3 Å². The number of nitriles is 1. The SMILES string of the molecule is CS(=O)(=O)c1c(NC2CCCCC2)sc(C#N)c1N. The van der Waals surface area contributed by atoms with Crippen LogP contribution in [0.3, 0.4) is 0 Å². The molecule has 0 radical (unpaired) electrons. The summed E-state index contributed by atoms with van der Waals surface area (Å²) in [6, 6.07) is 2.23. The lowest BCUT2D eigenvalue weighted by Crippen LogP contribution is -2.22. The highest BCUT2D eigenvalue weighted by Gasteiger charge is 2.25. The predicted octanol–water partition coefficient (Wildman–Crippen LogP) is 2.35. The normalized spacial score (nSPS) is 17.1. The van der Waals surface area contributed by atoms with Crippen LogP contribution in [0.4, 0.5) is 10.7 Å².